The van der Waals surface area contributed by atoms with Gasteiger partial charge in [-0.05, 0) is 19.1 Å². The standard InChI is InChI=1S/C15H16F3N3O2/c1-9-20-13(15(16,17)18)7-14(21-9)19-8-10-4-5-11(22-2)6-12(10)23-3/h4-7H,8H2,1-3H3,(H,19,20,21). The molecule has 5 nitrogen and oxygen atoms in total. The first-order valence-electron chi connectivity index (χ1n) is 6.71. The zero-order valence-corrected chi connectivity index (χ0v) is 12.9. The van der Waals surface area contributed by atoms with Gasteiger partial charge in [0.25, 0.3) is 0 Å². The molecule has 0 aliphatic rings. The third-order valence-electron chi connectivity index (χ3n) is 3.08. The van der Waals surface area contributed by atoms with Crippen LogP contribution in [0.4, 0.5) is 19.0 Å². The predicted octanol–water partition coefficient (Wildman–Crippen LogP) is 3.43. The molecule has 0 saturated heterocycles. The van der Waals surface area contributed by atoms with Crippen molar-refractivity contribution in [2.75, 3.05) is 19.5 Å². The maximum atomic E-state index is 12.8. The van der Waals surface area contributed by atoms with Gasteiger partial charge < -0.3 is 14.8 Å². The molecule has 2 aromatic rings. The molecular weight excluding hydrogens is 311 g/mol. The molecule has 0 saturated carbocycles. The Balaban J connectivity index is 2.20. The number of ether oxygens (including phenoxy) is 2. The van der Waals surface area contributed by atoms with Crippen LogP contribution in [-0.4, -0.2) is 24.2 Å². The van der Waals surface area contributed by atoms with Crippen LogP contribution in [0.15, 0.2) is 24.3 Å². The SMILES string of the molecule is COc1ccc(CNc2cc(C(F)(F)F)nc(C)n2)c(OC)c1. The van der Waals surface area contributed by atoms with E-state index >= 15 is 0 Å². The average Bonchev–Trinajstić information content (AvgIpc) is 2.51. The lowest BCUT2D eigenvalue weighted by molar-refractivity contribution is -0.141. The number of nitrogens with one attached hydrogen (secondary N) is 1. The van der Waals surface area contributed by atoms with E-state index in [0.29, 0.717) is 11.5 Å². The minimum Gasteiger partial charge on any atom is -0.497 e. The van der Waals surface area contributed by atoms with Gasteiger partial charge >= 0.3 is 6.18 Å². The highest BCUT2D eigenvalue weighted by molar-refractivity contribution is 5.44. The van der Waals surface area contributed by atoms with Crippen molar-refractivity contribution in [1.29, 1.82) is 0 Å². The Morgan fingerprint density at radius 2 is 1.83 bits per heavy atom. The second-order valence-electron chi connectivity index (χ2n) is 4.71. The molecule has 0 fully saturated rings. The zero-order chi connectivity index (χ0) is 17.0. The molecule has 0 aliphatic carbocycles. The number of anilines is 1. The average molecular weight is 327 g/mol. The molecule has 0 aliphatic heterocycles. The van der Waals surface area contributed by atoms with E-state index in [1.165, 1.54) is 21.1 Å². The second kappa shape index (κ2) is 6.72. The normalized spacial score (nSPS) is 11.2. The van der Waals surface area contributed by atoms with Crippen LogP contribution in [-0.2, 0) is 12.7 Å². The summed E-state index contributed by atoms with van der Waals surface area (Å²) in [5, 5.41) is 2.85. The highest BCUT2D eigenvalue weighted by atomic mass is 19.4. The molecule has 124 valence electrons. The van der Waals surface area contributed by atoms with E-state index in [1.807, 2.05) is 0 Å². The van der Waals surface area contributed by atoms with Crippen LogP contribution in [0.3, 0.4) is 0 Å². The van der Waals surface area contributed by atoms with Crippen molar-refractivity contribution in [3.63, 3.8) is 0 Å². The van der Waals surface area contributed by atoms with Gasteiger partial charge in [-0.2, -0.15) is 13.2 Å². The van der Waals surface area contributed by atoms with E-state index in [-0.39, 0.29) is 18.2 Å². The summed E-state index contributed by atoms with van der Waals surface area (Å²) in [5.41, 5.74) is -0.215. The molecule has 0 bridgehead atoms. The maximum absolute atomic E-state index is 12.8. The summed E-state index contributed by atoms with van der Waals surface area (Å²) in [5.74, 6) is 1.34. The number of hydrogen-bond donors (Lipinski definition) is 1. The van der Waals surface area contributed by atoms with Gasteiger partial charge in [-0.15, -0.1) is 0 Å². The van der Waals surface area contributed by atoms with Crippen molar-refractivity contribution in [2.24, 2.45) is 0 Å². The van der Waals surface area contributed by atoms with Gasteiger partial charge in [0.1, 0.15) is 28.8 Å². The number of aromatic nitrogens is 2. The van der Waals surface area contributed by atoms with Crippen LogP contribution in [0.25, 0.3) is 0 Å². The molecule has 0 unspecified atom stereocenters. The number of alkyl halides is 3. The predicted molar refractivity (Wildman–Crippen MR) is 78.6 cm³/mol. The van der Waals surface area contributed by atoms with Crippen molar-refractivity contribution < 1.29 is 22.6 Å². The topological polar surface area (TPSA) is 56.3 Å². The van der Waals surface area contributed by atoms with Crippen LogP contribution in [0.5, 0.6) is 11.5 Å². The molecule has 0 radical (unpaired) electrons. The molecule has 1 N–H and O–H groups in total. The molecule has 1 heterocycles. The molecule has 0 atom stereocenters. The fourth-order valence-electron chi connectivity index (χ4n) is 1.99. The molecule has 8 heteroatoms. The van der Waals surface area contributed by atoms with Crippen LogP contribution in [0, 0.1) is 6.92 Å². The summed E-state index contributed by atoms with van der Waals surface area (Å²) in [7, 11) is 3.05. The van der Waals surface area contributed by atoms with Crippen molar-refractivity contribution >= 4 is 5.82 Å². The molecule has 0 amide bonds. The van der Waals surface area contributed by atoms with E-state index < -0.39 is 11.9 Å². The Hall–Kier alpha value is -2.51. The van der Waals surface area contributed by atoms with E-state index in [4.69, 9.17) is 9.47 Å². The van der Waals surface area contributed by atoms with Crippen LogP contribution < -0.4 is 14.8 Å². The van der Waals surface area contributed by atoms with Gasteiger partial charge in [0.2, 0.25) is 0 Å². The number of halogens is 3. The summed E-state index contributed by atoms with van der Waals surface area (Å²) < 4.78 is 48.6. The van der Waals surface area contributed by atoms with Crippen molar-refractivity contribution in [3.05, 3.63) is 41.3 Å². The smallest absolute Gasteiger partial charge is 0.433 e. The fraction of sp³-hybridized carbons (Fsp3) is 0.333. The first kappa shape index (κ1) is 16.9. The summed E-state index contributed by atoms with van der Waals surface area (Å²) in [4.78, 5) is 7.36. The minimum absolute atomic E-state index is 0.0454. The van der Waals surface area contributed by atoms with Gasteiger partial charge in [-0.1, -0.05) is 0 Å². The number of rotatable bonds is 5. The van der Waals surface area contributed by atoms with Crippen LogP contribution >= 0.6 is 0 Å². The lowest BCUT2D eigenvalue weighted by Crippen LogP contribution is -2.12. The fourth-order valence-corrected chi connectivity index (χ4v) is 1.99. The van der Waals surface area contributed by atoms with E-state index in [2.05, 4.69) is 15.3 Å². The zero-order valence-electron chi connectivity index (χ0n) is 12.9. The van der Waals surface area contributed by atoms with E-state index in [9.17, 15) is 13.2 Å². The monoisotopic (exact) mass is 327 g/mol. The second-order valence-corrected chi connectivity index (χ2v) is 4.71. The Morgan fingerprint density at radius 3 is 2.43 bits per heavy atom. The van der Waals surface area contributed by atoms with Crippen LogP contribution in [0.2, 0.25) is 0 Å². The van der Waals surface area contributed by atoms with Crippen molar-refractivity contribution in [2.45, 2.75) is 19.6 Å². The third-order valence-corrected chi connectivity index (χ3v) is 3.08. The van der Waals surface area contributed by atoms with Gasteiger partial charge in [0, 0.05) is 24.2 Å². The number of benzene rings is 1. The first-order chi connectivity index (χ1) is 10.8. The number of methoxy groups -OCH3 is 2. The number of nitrogens with zero attached hydrogens (tertiary/aromatic N) is 2. The number of hydrogen-bond acceptors (Lipinski definition) is 5. The van der Waals surface area contributed by atoms with Crippen molar-refractivity contribution in [1.82, 2.24) is 9.97 Å². The highest BCUT2D eigenvalue weighted by Gasteiger charge is 2.33. The molecule has 1 aromatic carbocycles. The number of aryl methyl sites for hydroxylation is 1. The summed E-state index contributed by atoms with van der Waals surface area (Å²) in [6.07, 6.45) is -4.51. The summed E-state index contributed by atoms with van der Waals surface area (Å²) in [6, 6.07) is 6.08. The molecule has 0 spiro atoms. The van der Waals surface area contributed by atoms with Gasteiger partial charge in [-0.3, -0.25) is 0 Å². The maximum Gasteiger partial charge on any atom is 0.433 e. The summed E-state index contributed by atoms with van der Waals surface area (Å²) >= 11 is 0. The Labute approximate surface area is 131 Å². The Bertz CT molecular complexity index is 690. The lowest BCUT2D eigenvalue weighted by atomic mass is 10.2. The van der Waals surface area contributed by atoms with Crippen molar-refractivity contribution in [3.8, 4) is 11.5 Å². The molecule has 2 rings (SSSR count). The molecule has 23 heavy (non-hydrogen) atoms. The van der Waals surface area contributed by atoms with Gasteiger partial charge in [0.05, 0.1) is 14.2 Å². The largest absolute Gasteiger partial charge is 0.497 e. The lowest BCUT2D eigenvalue weighted by Gasteiger charge is -2.13. The van der Waals surface area contributed by atoms with Gasteiger partial charge in [0.15, 0.2) is 0 Å². The quantitative estimate of drug-likeness (QED) is 0.912. The third kappa shape index (κ3) is 4.24. The van der Waals surface area contributed by atoms with E-state index in [1.54, 1.807) is 18.2 Å². The molecular formula is C15H16F3N3O2. The summed E-state index contributed by atoms with van der Waals surface area (Å²) in [6.45, 7) is 1.66. The molecule has 1 aromatic heterocycles. The van der Waals surface area contributed by atoms with E-state index in [0.717, 1.165) is 11.6 Å². The Morgan fingerprint density at radius 1 is 1.09 bits per heavy atom. The minimum atomic E-state index is -4.51. The highest BCUT2D eigenvalue weighted by Crippen LogP contribution is 2.29. The van der Waals surface area contributed by atoms with Gasteiger partial charge in [-0.25, -0.2) is 9.97 Å². The van der Waals surface area contributed by atoms with Crippen LogP contribution in [0.1, 0.15) is 17.1 Å². The Kier molecular flexibility index (Phi) is 4.92. The first-order valence-corrected chi connectivity index (χ1v) is 6.71.